The lowest BCUT2D eigenvalue weighted by Crippen LogP contribution is -2.36. The molecule has 2 N–H and O–H groups in total. The highest BCUT2D eigenvalue weighted by Gasteiger charge is 2.24. The van der Waals surface area contributed by atoms with Crippen LogP contribution in [0.1, 0.15) is 52.4 Å². The summed E-state index contributed by atoms with van der Waals surface area (Å²) in [4.78, 5) is 0. The van der Waals surface area contributed by atoms with Gasteiger partial charge in [-0.3, -0.25) is 0 Å². The quantitative estimate of drug-likeness (QED) is 0.750. The molecule has 1 saturated carbocycles. The van der Waals surface area contributed by atoms with Gasteiger partial charge in [0.1, 0.15) is 0 Å². The maximum atomic E-state index is 3.74. The van der Waals surface area contributed by atoms with Gasteiger partial charge >= 0.3 is 0 Å². The average molecular weight is 224 g/mol. The van der Waals surface area contributed by atoms with Crippen molar-refractivity contribution in [3.05, 3.63) is 0 Å². The van der Waals surface area contributed by atoms with Crippen LogP contribution < -0.4 is 10.6 Å². The van der Waals surface area contributed by atoms with Crippen LogP contribution in [0.15, 0.2) is 0 Å². The maximum absolute atomic E-state index is 3.74. The Morgan fingerprint density at radius 2 is 2.12 bits per heavy atom. The fourth-order valence-corrected chi connectivity index (χ4v) is 3.35. The molecule has 2 rings (SSSR count). The van der Waals surface area contributed by atoms with E-state index >= 15 is 0 Å². The van der Waals surface area contributed by atoms with Gasteiger partial charge in [0, 0.05) is 12.1 Å². The van der Waals surface area contributed by atoms with Gasteiger partial charge in [0.05, 0.1) is 0 Å². The molecule has 4 unspecified atom stereocenters. The molecule has 1 heterocycles. The lowest BCUT2D eigenvalue weighted by atomic mass is 9.97. The first-order valence-corrected chi connectivity index (χ1v) is 7.22. The second-order valence-corrected chi connectivity index (χ2v) is 6.01. The van der Waals surface area contributed by atoms with E-state index in [1.165, 1.54) is 51.6 Å². The largest absolute Gasteiger partial charge is 0.314 e. The first kappa shape index (κ1) is 12.4. The van der Waals surface area contributed by atoms with Crippen LogP contribution in [-0.4, -0.2) is 25.2 Å². The molecule has 1 aliphatic carbocycles. The number of nitrogens with one attached hydrogen (secondary N) is 2. The first-order chi connectivity index (χ1) is 7.75. The van der Waals surface area contributed by atoms with Gasteiger partial charge in [0.2, 0.25) is 0 Å². The molecular formula is C14H28N2. The van der Waals surface area contributed by atoms with E-state index in [9.17, 15) is 0 Å². The third-order valence-electron chi connectivity index (χ3n) is 4.57. The lowest BCUT2D eigenvalue weighted by Gasteiger charge is -2.22. The normalized spacial score (nSPS) is 36.8. The highest BCUT2D eigenvalue weighted by atomic mass is 15.0. The van der Waals surface area contributed by atoms with Gasteiger partial charge in [0.25, 0.3) is 0 Å². The minimum atomic E-state index is 0.684. The van der Waals surface area contributed by atoms with Gasteiger partial charge in [-0.1, -0.05) is 19.8 Å². The maximum Gasteiger partial charge on any atom is 0.00822 e. The van der Waals surface area contributed by atoms with Crippen LogP contribution in [0.2, 0.25) is 0 Å². The van der Waals surface area contributed by atoms with E-state index in [2.05, 4.69) is 24.5 Å². The molecule has 0 bridgehead atoms. The molecule has 94 valence electrons. The zero-order valence-corrected chi connectivity index (χ0v) is 11.0. The van der Waals surface area contributed by atoms with Crippen LogP contribution in [0.5, 0.6) is 0 Å². The van der Waals surface area contributed by atoms with E-state index in [1.807, 2.05) is 0 Å². The molecule has 16 heavy (non-hydrogen) atoms. The third-order valence-corrected chi connectivity index (χ3v) is 4.57. The number of hydrogen-bond acceptors (Lipinski definition) is 2. The zero-order chi connectivity index (χ0) is 11.4. The van der Waals surface area contributed by atoms with Crippen LogP contribution >= 0.6 is 0 Å². The second-order valence-electron chi connectivity index (χ2n) is 6.01. The summed E-state index contributed by atoms with van der Waals surface area (Å²) in [6.45, 7) is 7.24. The van der Waals surface area contributed by atoms with Crippen molar-refractivity contribution in [2.24, 2.45) is 11.8 Å². The highest BCUT2D eigenvalue weighted by Crippen LogP contribution is 2.30. The van der Waals surface area contributed by atoms with Crippen LogP contribution in [0.4, 0.5) is 0 Å². The van der Waals surface area contributed by atoms with Crippen LogP contribution in [0.3, 0.4) is 0 Å². The average Bonchev–Trinajstić information content (AvgIpc) is 2.87. The van der Waals surface area contributed by atoms with E-state index in [0.29, 0.717) is 6.04 Å². The van der Waals surface area contributed by atoms with Crippen molar-refractivity contribution in [3.8, 4) is 0 Å². The molecule has 1 saturated heterocycles. The summed E-state index contributed by atoms with van der Waals surface area (Å²) in [5.74, 6) is 1.89. The molecule has 0 spiro atoms. The molecular weight excluding hydrogens is 196 g/mol. The first-order valence-electron chi connectivity index (χ1n) is 7.22. The molecule has 0 aromatic heterocycles. The summed E-state index contributed by atoms with van der Waals surface area (Å²) in [5, 5.41) is 7.33. The molecule has 2 heteroatoms. The van der Waals surface area contributed by atoms with Crippen LogP contribution in [0.25, 0.3) is 0 Å². The van der Waals surface area contributed by atoms with Crippen molar-refractivity contribution in [2.45, 2.75) is 64.5 Å². The van der Waals surface area contributed by atoms with Gasteiger partial charge in [-0.05, 0) is 57.5 Å². The minimum Gasteiger partial charge on any atom is -0.314 e. The molecule has 0 aromatic carbocycles. The summed E-state index contributed by atoms with van der Waals surface area (Å²) >= 11 is 0. The Morgan fingerprint density at radius 3 is 2.75 bits per heavy atom. The summed E-state index contributed by atoms with van der Waals surface area (Å²) < 4.78 is 0. The van der Waals surface area contributed by atoms with Crippen LogP contribution in [0, 0.1) is 11.8 Å². The fraction of sp³-hybridized carbons (Fsp3) is 1.00. The molecule has 4 atom stereocenters. The lowest BCUT2D eigenvalue weighted by molar-refractivity contribution is 0.353. The minimum absolute atomic E-state index is 0.684. The molecule has 1 aliphatic heterocycles. The second kappa shape index (κ2) is 6.02. The SMILES string of the molecule is CC(CC1CCCN1)NCC1CCCC1C. The topological polar surface area (TPSA) is 24.1 Å². The summed E-state index contributed by atoms with van der Waals surface area (Å²) in [7, 11) is 0. The number of hydrogen-bond donors (Lipinski definition) is 2. The standard InChI is InChI=1S/C14H28N2/c1-11-5-3-6-13(11)10-16-12(2)9-14-7-4-8-15-14/h11-16H,3-10H2,1-2H3. The van der Waals surface area contributed by atoms with Gasteiger partial charge in [-0.25, -0.2) is 0 Å². The highest BCUT2D eigenvalue weighted by molar-refractivity contribution is 4.81. The van der Waals surface area contributed by atoms with Crippen molar-refractivity contribution in [3.63, 3.8) is 0 Å². The molecule has 0 amide bonds. The zero-order valence-electron chi connectivity index (χ0n) is 11.0. The fourth-order valence-electron chi connectivity index (χ4n) is 3.35. The smallest absolute Gasteiger partial charge is 0.00822 e. The van der Waals surface area contributed by atoms with E-state index in [1.54, 1.807) is 0 Å². The van der Waals surface area contributed by atoms with Crippen molar-refractivity contribution in [2.75, 3.05) is 13.1 Å². The Hall–Kier alpha value is -0.0800. The van der Waals surface area contributed by atoms with Gasteiger partial charge in [-0.2, -0.15) is 0 Å². The molecule has 2 fully saturated rings. The Kier molecular flexibility index (Phi) is 4.66. The Bertz CT molecular complexity index is 199. The van der Waals surface area contributed by atoms with Crippen molar-refractivity contribution in [1.29, 1.82) is 0 Å². The molecule has 0 radical (unpaired) electrons. The molecule has 2 aliphatic rings. The predicted octanol–water partition coefficient (Wildman–Crippen LogP) is 2.54. The molecule has 2 nitrogen and oxygen atoms in total. The van der Waals surface area contributed by atoms with Gasteiger partial charge in [-0.15, -0.1) is 0 Å². The predicted molar refractivity (Wildman–Crippen MR) is 69.6 cm³/mol. The van der Waals surface area contributed by atoms with Crippen molar-refractivity contribution < 1.29 is 0 Å². The van der Waals surface area contributed by atoms with E-state index in [-0.39, 0.29) is 0 Å². The van der Waals surface area contributed by atoms with Crippen molar-refractivity contribution >= 4 is 0 Å². The van der Waals surface area contributed by atoms with Crippen LogP contribution in [-0.2, 0) is 0 Å². The summed E-state index contributed by atoms with van der Waals surface area (Å²) in [6.07, 6.45) is 8.41. The van der Waals surface area contributed by atoms with Gasteiger partial charge in [0.15, 0.2) is 0 Å². The van der Waals surface area contributed by atoms with E-state index in [0.717, 1.165) is 17.9 Å². The van der Waals surface area contributed by atoms with Crippen molar-refractivity contribution in [1.82, 2.24) is 10.6 Å². The Labute approximate surface area is 101 Å². The van der Waals surface area contributed by atoms with E-state index in [4.69, 9.17) is 0 Å². The summed E-state index contributed by atoms with van der Waals surface area (Å²) in [6, 6.07) is 1.46. The summed E-state index contributed by atoms with van der Waals surface area (Å²) in [5.41, 5.74) is 0. The Balaban J connectivity index is 1.61. The van der Waals surface area contributed by atoms with Gasteiger partial charge < -0.3 is 10.6 Å². The third kappa shape index (κ3) is 3.46. The molecule has 0 aromatic rings. The van der Waals surface area contributed by atoms with E-state index < -0.39 is 0 Å². The number of rotatable bonds is 5. The monoisotopic (exact) mass is 224 g/mol. The Morgan fingerprint density at radius 1 is 1.25 bits per heavy atom.